The second kappa shape index (κ2) is 7.79. The molecule has 3 rings (SSSR count). The van der Waals surface area contributed by atoms with Crippen LogP contribution in [0.1, 0.15) is 27.5 Å². The molecule has 4 nitrogen and oxygen atoms in total. The summed E-state index contributed by atoms with van der Waals surface area (Å²) in [6, 6.07) is 25.5. The normalized spacial score (nSPS) is 10.5. The summed E-state index contributed by atoms with van der Waals surface area (Å²) in [5.74, 6) is -0.225. The molecule has 0 unspecified atom stereocenters. The van der Waals surface area contributed by atoms with Gasteiger partial charge in [0, 0.05) is 5.56 Å². The molecule has 0 atom stereocenters. The molecular formula is C20H18BNO3. The number of amides is 1. The van der Waals surface area contributed by atoms with Crippen molar-refractivity contribution in [2.75, 3.05) is 0 Å². The zero-order valence-electron chi connectivity index (χ0n) is 13.5. The summed E-state index contributed by atoms with van der Waals surface area (Å²) in [6.07, 6.45) is 0. The highest BCUT2D eigenvalue weighted by atomic mass is 16.4. The van der Waals surface area contributed by atoms with Crippen molar-refractivity contribution in [1.29, 1.82) is 0 Å². The molecule has 124 valence electrons. The lowest BCUT2D eigenvalue weighted by molar-refractivity contribution is 0.0943. The predicted molar refractivity (Wildman–Crippen MR) is 98.5 cm³/mol. The summed E-state index contributed by atoms with van der Waals surface area (Å²) in [5, 5.41) is 21.4. The Balaban J connectivity index is 1.86. The summed E-state index contributed by atoms with van der Waals surface area (Å²) >= 11 is 0. The fraction of sp³-hybridized carbons (Fsp3) is 0.0500. The average Bonchev–Trinajstić information content (AvgIpc) is 2.67. The first-order valence-electron chi connectivity index (χ1n) is 8.02. The Morgan fingerprint density at radius 1 is 0.760 bits per heavy atom. The summed E-state index contributed by atoms with van der Waals surface area (Å²) in [7, 11) is -1.54. The smallest absolute Gasteiger partial charge is 0.423 e. The van der Waals surface area contributed by atoms with Crippen LogP contribution >= 0.6 is 0 Å². The molecule has 0 aliphatic rings. The summed E-state index contributed by atoms with van der Waals surface area (Å²) in [5.41, 5.74) is 2.79. The van der Waals surface area contributed by atoms with Gasteiger partial charge in [0.2, 0.25) is 0 Å². The molecule has 0 spiro atoms. The van der Waals surface area contributed by atoms with Crippen LogP contribution < -0.4 is 10.8 Å². The molecule has 0 heterocycles. The van der Waals surface area contributed by atoms with Gasteiger partial charge in [-0.15, -0.1) is 0 Å². The summed E-state index contributed by atoms with van der Waals surface area (Å²) < 4.78 is 0. The second-order valence-corrected chi connectivity index (χ2v) is 5.72. The van der Waals surface area contributed by atoms with Crippen molar-refractivity contribution in [3.63, 3.8) is 0 Å². The lowest BCUT2D eigenvalue weighted by atomic mass is 9.80. The molecule has 0 aliphatic carbocycles. The van der Waals surface area contributed by atoms with Crippen LogP contribution in [-0.4, -0.2) is 23.1 Å². The first-order chi connectivity index (χ1) is 12.1. The van der Waals surface area contributed by atoms with Crippen LogP contribution in [0.3, 0.4) is 0 Å². The van der Waals surface area contributed by atoms with Gasteiger partial charge < -0.3 is 15.4 Å². The molecule has 0 radical (unpaired) electrons. The van der Waals surface area contributed by atoms with Crippen molar-refractivity contribution in [3.05, 3.63) is 102 Å². The SMILES string of the molecule is O=C(NC(c1ccccc1)c1ccccc1)c1ccc(B(O)O)cc1. The van der Waals surface area contributed by atoms with Crippen LogP contribution in [0.15, 0.2) is 84.9 Å². The van der Waals surface area contributed by atoms with E-state index in [4.69, 9.17) is 10.0 Å². The van der Waals surface area contributed by atoms with E-state index in [1.165, 1.54) is 12.1 Å². The van der Waals surface area contributed by atoms with Crippen molar-refractivity contribution in [3.8, 4) is 0 Å². The third-order valence-electron chi connectivity index (χ3n) is 4.01. The topological polar surface area (TPSA) is 69.6 Å². The molecule has 0 saturated carbocycles. The highest BCUT2D eigenvalue weighted by Gasteiger charge is 2.18. The molecule has 25 heavy (non-hydrogen) atoms. The average molecular weight is 331 g/mol. The molecule has 3 aromatic rings. The molecule has 3 N–H and O–H groups in total. The number of carbonyl (C=O) groups is 1. The summed E-state index contributed by atoms with van der Waals surface area (Å²) in [6.45, 7) is 0. The van der Waals surface area contributed by atoms with E-state index in [9.17, 15) is 4.79 Å². The lowest BCUT2D eigenvalue weighted by Gasteiger charge is -2.20. The lowest BCUT2D eigenvalue weighted by Crippen LogP contribution is -2.31. The molecule has 0 aromatic heterocycles. The van der Waals surface area contributed by atoms with Crippen LogP contribution in [0.5, 0.6) is 0 Å². The fourth-order valence-electron chi connectivity index (χ4n) is 2.67. The third kappa shape index (κ3) is 4.15. The van der Waals surface area contributed by atoms with Gasteiger partial charge in [-0.1, -0.05) is 72.8 Å². The van der Waals surface area contributed by atoms with Gasteiger partial charge in [-0.3, -0.25) is 4.79 Å². The third-order valence-corrected chi connectivity index (χ3v) is 4.01. The van der Waals surface area contributed by atoms with E-state index in [1.807, 2.05) is 60.7 Å². The fourth-order valence-corrected chi connectivity index (χ4v) is 2.67. The van der Waals surface area contributed by atoms with Crippen molar-refractivity contribution in [1.82, 2.24) is 5.32 Å². The van der Waals surface area contributed by atoms with Crippen molar-refractivity contribution in [2.45, 2.75) is 6.04 Å². The summed E-state index contributed by atoms with van der Waals surface area (Å²) in [4.78, 5) is 12.6. The Morgan fingerprint density at radius 2 is 1.24 bits per heavy atom. The van der Waals surface area contributed by atoms with Crippen LogP contribution in [0.2, 0.25) is 0 Å². The molecule has 0 aliphatic heterocycles. The zero-order chi connectivity index (χ0) is 17.6. The molecule has 0 saturated heterocycles. The molecular weight excluding hydrogens is 313 g/mol. The van der Waals surface area contributed by atoms with Crippen LogP contribution in [0.25, 0.3) is 0 Å². The first kappa shape index (κ1) is 17.0. The molecule has 3 aromatic carbocycles. The van der Waals surface area contributed by atoms with Crippen LogP contribution in [0.4, 0.5) is 0 Å². The Bertz CT molecular complexity index is 781. The van der Waals surface area contributed by atoms with E-state index in [2.05, 4.69) is 5.32 Å². The molecule has 5 heteroatoms. The Hall–Kier alpha value is -2.89. The number of carbonyl (C=O) groups excluding carboxylic acids is 1. The number of nitrogens with one attached hydrogen (secondary N) is 1. The van der Waals surface area contributed by atoms with Crippen molar-refractivity contribution >= 4 is 18.5 Å². The van der Waals surface area contributed by atoms with Gasteiger partial charge >= 0.3 is 7.12 Å². The van der Waals surface area contributed by atoms with Crippen molar-refractivity contribution in [2.24, 2.45) is 0 Å². The van der Waals surface area contributed by atoms with Crippen molar-refractivity contribution < 1.29 is 14.8 Å². The van der Waals surface area contributed by atoms with Gasteiger partial charge in [-0.2, -0.15) is 0 Å². The monoisotopic (exact) mass is 331 g/mol. The second-order valence-electron chi connectivity index (χ2n) is 5.72. The van der Waals surface area contributed by atoms with Gasteiger partial charge in [-0.25, -0.2) is 0 Å². The Morgan fingerprint density at radius 3 is 1.68 bits per heavy atom. The van der Waals surface area contributed by atoms with E-state index < -0.39 is 7.12 Å². The van der Waals surface area contributed by atoms with Gasteiger partial charge in [0.15, 0.2) is 0 Å². The first-order valence-corrected chi connectivity index (χ1v) is 8.02. The minimum absolute atomic E-state index is 0.225. The van der Waals surface area contributed by atoms with Crippen LogP contribution in [-0.2, 0) is 0 Å². The van der Waals surface area contributed by atoms with E-state index in [0.29, 0.717) is 11.0 Å². The minimum atomic E-state index is -1.54. The Kier molecular flexibility index (Phi) is 5.28. The Labute approximate surface area is 146 Å². The number of hydrogen-bond acceptors (Lipinski definition) is 3. The van der Waals surface area contributed by atoms with E-state index in [0.717, 1.165) is 11.1 Å². The predicted octanol–water partition coefficient (Wildman–Crippen LogP) is 1.89. The van der Waals surface area contributed by atoms with Gasteiger partial charge in [0.25, 0.3) is 5.91 Å². The standard InChI is InChI=1S/C20H18BNO3/c23-20(17-11-13-18(14-12-17)21(24)25)22-19(15-7-3-1-4-8-15)16-9-5-2-6-10-16/h1-14,19,24-25H,(H,22,23). The van der Waals surface area contributed by atoms with Gasteiger partial charge in [-0.05, 0) is 28.7 Å². The van der Waals surface area contributed by atoms with Crippen LogP contribution in [0, 0.1) is 0 Å². The molecule has 0 fully saturated rings. The highest BCUT2D eigenvalue weighted by molar-refractivity contribution is 6.58. The van der Waals surface area contributed by atoms with E-state index in [1.54, 1.807) is 12.1 Å². The van der Waals surface area contributed by atoms with E-state index in [-0.39, 0.29) is 11.9 Å². The molecule has 1 amide bonds. The van der Waals surface area contributed by atoms with Gasteiger partial charge in [0.1, 0.15) is 0 Å². The number of hydrogen-bond donors (Lipinski definition) is 3. The molecule has 0 bridgehead atoms. The number of rotatable bonds is 5. The maximum Gasteiger partial charge on any atom is 0.488 e. The minimum Gasteiger partial charge on any atom is -0.423 e. The number of benzene rings is 3. The quantitative estimate of drug-likeness (QED) is 0.626. The van der Waals surface area contributed by atoms with Gasteiger partial charge in [0.05, 0.1) is 6.04 Å². The maximum atomic E-state index is 12.6. The zero-order valence-corrected chi connectivity index (χ0v) is 13.5. The van der Waals surface area contributed by atoms with E-state index >= 15 is 0 Å². The largest absolute Gasteiger partial charge is 0.488 e. The highest BCUT2D eigenvalue weighted by Crippen LogP contribution is 2.22. The maximum absolute atomic E-state index is 12.6.